The van der Waals surface area contributed by atoms with E-state index < -0.39 is 0 Å². The van der Waals surface area contributed by atoms with Crippen molar-refractivity contribution in [3.8, 4) is 11.5 Å². The standard InChI is InChI=1S/C26H26N2O3/c1-17-5-4-6-23(14-17)31-22-10-8-21(9-11-22)27-26(30)20-15-25(29)28(16-20)24-12-7-18(2)13-19(24)3/h4-14,20H,15-16H2,1-3H3,(H,27,30)/t20-/m1/s1. The molecule has 5 nitrogen and oxygen atoms in total. The number of anilines is 2. The van der Waals surface area contributed by atoms with Crippen molar-refractivity contribution in [2.45, 2.75) is 27.2 Å². The molecule has 0 bridgehead atoms. The lowest BCUT2D eigenvalue weighted by Gasteiger charge is -2.19. The van der Waals surface area contributed by atoms with Gasteiger partial charge in [0.15, 0.2) is 0 Å². The maximum absolute atomic E-state index is 12.8. The fourth-order valence-corrected chi connectivity index (χ4v) is 3.89. The normalized spacial score (nSPS) is 15.8. The van der Waals surface area contributed by atoms with Gasteiger partial charge in [0, 0.05) is 24.3 Å². The van der Waals surface area contributed by atoms with Gasteiger partial charge in [0.25, 0.3) is 0 Å². The lowest BCUT2D eigenvalue weighted by Crippen LogP contribution is -2.28. The molecule has 1 aliphatic rings. The number of amides is 2. The zero-order valence-electron chi connectivity index (χ0n) is 18.0. The van der Waals surface area contributed by atoms with E-state index in [1.807, 2.05) is 81.4 Å². The topological polar surface area (TPSA) is 58.6 Å². The second-order valence-corrected chi connectivity index (χ2v) is 8.13. The van der Waals surface area contributed by atoms with Gasteiger partial charge >= 0.3 is 0 Å². The second-order valence-electron chi connectivity index (χ2n) is 8.13. The summed E-state index contributed by atoms with van der Waals surface area (Å²) >= 11 is 0. The van der Waals surface area contributed by atoms with Crippen molar-refractivity contribution in [3.05, 3.63) is 83.4 Å². The molecule has 1 saturated heterocycles. The molecule has 0 unspecified atom stereocenters. The SMILES string of the molecule is Cc1cccc(Oc2ccc(NC(=O)[C@@H]3CC(=O)N(c4ccc(C)cc4C)C3)cc2)c1. The lowest BCUT2D eigenvalue weighted by molar-refractivity contribution is -0.122. The fourth-order valence-electron chi connectivity index (χ4n) is 3.89. The predicted molar refractivity (Wildman–Crippen MR) is 123 cm³/mol. The summed E-state index contributed by atoms with van der Waals surface area (Å²) in [6.45, 7) is 6.42. The van der Waals surface area contributed by atoms with Gasteiger partial charge in [-0.05, 0) is 74.4 Å². The Morgan fingerprint density at radius 3 is 2.39 bits per heavy atom. The molecule has 1 N–H and O–H groups in total. The minimum atomic E-state index is -0.378. The minimum Gasteiger partial charge on any atom is -0.457 e. The highest BCUT2D eigenvalue weighted by molar-refractivity contribution is 6.03. The number of hydrogen-bond acceptors (Lipinski definition) is 3. The van der Waals surface area contributed by atoms with Crippen LogP contribution in [0.1, 0.15) is 23.1 Å². The van der Waals surface area contributed by atoms with Crippen LogP contribution >= 0.6 is 0 Å². The van der Waals surface area contributed by atoms with E-state index in [1.54, 1.807) is 4.90 Å². The Morgan fingerprint density at radius 1 is 0.935 bits per heavy atom. The summed E-state index contributed by atoms with van der Waals surface area (Å²) in [4.78, 5) is 27.0. The van der Waals surface area contributed by atoms with Crippen molar-refractivity contribution >= 4 is 23.2 Å². The Labute approximate surface area is 182 Å². The molecule has 2 amide bonds. The van der Waals surface area contributed by atoms with Crippen LogP contribution in [0.2, 0.25) is 0 Å². The number of aryl methyl sites for hydroxylation is 3. The van der Waals surface area contributed by atoms with Crippen LogP contribution in [0.25, 0.3) is 0 Å². The van der Waals surface area contributed by atoms with Crippen molar-refractivity contribution in [1.29, 1.82) is 0 Å². The molecule has 0 saturated carbocycles. The van der Waals surface area contributed by atoms with Crippen molar-refractivity contribution in [3.63, 3.8) is 0 Å². The summed E-state index contributed by atoms with van der Waals surface area (Å²) in [6, 6.07) is 21.1. The minimum absolute atomic E-state index is 0.0194. The number of carbonyl (C=O) groups is 2. The van der Waals surface area contributed by atoms with Gasteiger partial charge in [-0.2, -0.15) is 0 Å². The van der Waals surface area contributed by atoms with E-state index >= 15 is 0 Å². The highest BCUT2D eigenvalue weighted by atomic mass is 16.5. The molecule has 1 heterocycles. The van der Waals surface area contributed by atoms with Crippen molar-refractivity contribution in [2.24, 2.45) is 5.92 Å². The average Bonchev–Trinajstić information content (AvgIpc) is 3.11. The Hall–Kier alpha value is -3.60. The van der Waals surface area contributed by atoms with E-state index in [4.69, 9.17) is 4.74 Å². The van der Waals surface area contributed by atoms with E-state index in [0.29, 0.717) is 18.0 Å². The predicted octanol–water partition coefficient (Wildman–Crippen LogP) is 5.40. The number of nitrogens with one attached hydrogen (secondary N) is 1. The van der Waals surface area contributed by atoms with Gasteiger partial charge in [0.1, 0.15) is 11.5 Å². The molecular weight excluding hydrogens is 388 g/mol. The van der Waals surface area contributed by atoms with Crippen LogP contribution < -0.4 is 15.0 Å². The van der Waals surface area contributed by atoms with Crippen LogP contribution in [0.15, 0.2) is 66.7 Å². The smallest absolute Gasteiger partial charge is 0.229 e. The summed E-state index contributed by atoms with van der Waals surface area (Å²) in [5, 5.41) is 2.93. The number of hydrogen-bond donors (Lipinski definition) is 1. The molecule has 0 aliphatic carbocycles. The second kappa shape index (κ2) is 8.64. The lowest BCUT2D eigenvalue weighted by atomic mass is 10.1. The molecule has 0 aromatic heterocycles. The summed E-state index contributed by atoms with van der Waals surface area (Å²) in [7, 11) is 0. The van der Waals surface area contributed by atoms with Crippen LogP contribution in [0, 0.1) is 26.7 Å². The molecule has 1 fully saturated rings. The van der Waals surface area contributed by atoms with Crippen LogP contribution in [0.3, 0.4) is 0 Å². The molecule has 4 rings (SSSR count). The molecule has 3 aromatic carbocycles. The first-order valence-corrected chi connectivity index (χ1v) is 10.4. The number of carbonyl (C=O) groups excluding carboxylic acids is 2. The van der Waals surface area contributed by atoms with Crippen LogP contribution in [-0.2, 0) is 9.59 Å². The van der Waals surface area contributed by atoms with E-state index in [1.165, 1.54) is 0 Å². The third-order valence-corrected chi connectivity index (χ3v) is 5.49. The number of ether oxygens (including phenoxy) is 1. The molecule has 3 aromatic rings. The summed E-state index contributed by atoms with van der Waals surface area (Å²) in [6.07, 6.45) is 0.216. The van der Waals surface area contributed by atoms with Gasteiger partial charge in [0.2, 0.25) is 11.8 Å². The van der Waals surface area contributed by atoms with E-state index in [0.717, 1.165) is 28.1 Å². The molecule has 1 atom stereocenters. The average molecular weight is 415 g/mol. The summed E-state index contributed by atoms with van der Waals surface area (Å²) in [5.74, 6) is 0.923. The van der Waals surface area contributed by atoms with E-state index in [9.17, 15) is 9.59 Å². The number of benzene rings is 3. The highest BCUT2D eigenvalue weighted by Gasteiger charge is 2.35. The first-order chi connectivity index (χ1) is 14.9. The molecular formula is C26H26N2O3. The van der Waals surface area contributed by atoms with E-state index in [-0.39, 0.29) is 24.2 Å². The Kier molecular flexibility index (Phi) is 5.76. The quantitative estimate of drug-likeness (QED) is 0.608. The van der Waals surface area contributed by atoms with Crippen LogP contribution in [-0.4, -0.2) is 18.4 Å². The summed E-state index contributed by atoms with van der Waals surface area (Å²) in [5.41, 5.74) is 4.88. The zero-order valence-corrected chi connectivity index (χ0v) is 18.0. The largest absolute Gasteiger partial charge is 0.457 e. The van der Waals surface area contributed by atoms with Gasteiger partial charge in [-0.15, -0.1) is 0 Å². The number of nitrogens with zero attached hydrogens (tertiary/aromatic N) is 1. The van der Waals surface area contributed by atoms with Gasteiger partial charge in [-0.1, -0.05) is 29.8 Å². The fraction of sp³-hybridized carbons (Fsp3) is 0.231. The zero-order chi connectivity index (χ0) is 22.0. The van der Waals surface area contributed by atoms with E-state index in [2.05, 4.69) is 11.4 Å². The maximum Gasteiger partial charge on any atom is 0.229 e. The Bertz CT molecular complexity index is 1120. The van der Waals surface area contributed by atoms with Gasteiger partial charge in [-0.3, -0.25) is 9.59 Å². The van der Waals surface area contributed by atoms with Crippen molar-refractivity contribution in [1.82, 2.24) is 0 Å². The third kappa shape index (κ3) is 4.77. The molecule has 31 heavy (non-hydrogen) atoms. The molecule has 5 heteroatoms. The first kappa shape index (κ1) is 20.7. The van der Waals surface area contributed by atoms with Crippen LogP contribution in [0.4, 0.5) is 11.4 Å². The van der Waals surface area contributed by atoms with Gasteiger partial charge < -0.3 is 15.0 Å². The molecule has 1 aliphatic heterocycles. The van der Waals surface area contributed by atoms with Crippen molar-refractivity contribution < 1.29 is 14.3 Å². The van der Waals surface area contributed by atoms with Gasteiger partial charge in [0.05, 0.1) is 5.92 Å². The summed E-state index contributed by atoms with van der Waals surface area (Å²) < 4.78 is 5.85. The molecule has 158 valence electrons. The van der Waals surface area contributed by atoms with Gasteiger partial charge in [-0.25, -0.2) is 0 Å². The molecule has 0 spiro atoms. The highest BCUT2D eigenvalue weighted by Crippen LogP contribution is 2.29. The Morgan fingerprint density at radius 2 is 1.68 bits per heavy atom. The number of rotatable bonds is 5. The molecule has 0 radical (unpaired) electrons. The van der Waals surface area contributed by atoms with Crippen LogP contribution in [0.5, 0.6) is 11.5 Å². The van der Waals surface area contributed by atoms with Crippen molar-refractivity contribution in [2.75, 3.05) is 16.8 Å². The monoisotopic (exact) mass is 414 g/mol. The third-order valence-electron chi connectivity index (χ3n) is 5.49. The first-order valence-electron chi connectivity index (χ1n) is 10.4. The maximum atomic E-state index is 12.8. The Balaban J connectivity index is 1.38.